The Balaban J connectivity index is 2.00. The number of aliphatic hydroxyl groups excluding tert-OH is 1. The van der Waals surface area contributed by atoms with Crippen LogP contribution in [-0.2, 0) is 6.54 Å². The molecule has 7 heteroatoms. The van der Waals surface area contributed by atoms with E-state index in [0.717, 1.165) is 0 Å². The summed E-state index contributed by atoms with van der Waals surface area (Å²) in [6.45, 7) is -1.55. The maximum Gasteiger partial charge on any atom is 0.282 e. The molecule has 0 fully saturated rings. The Morgan fingerprint density at radius 2 is 2.17 bits per heavy atom. The van der Waals surface area contributed by atoms with E-state index in [0.29, 0.717) is 16.4 Å². The maximum absolute atomic E-state index is 12.8. The summed E-state index contributed by atoms with van der Waals surface area (Å²) in [5.74, 6) is -3.11. The molecule has 0 saturated heterocycles. The van der Waals surface area contributed by atoms with Crippen LogP contribution in [-0.4, -0.2) is 33.6 Å². The lowest BCUT2D eigenvalue weighted by molar-refractivity contribution is -0.0478. The standard InChI is InChI=1S/C11H12ClF2N3O/c12-8-1-2-10-16-9(5-17(10)4-8)3-15-6-11(13,14)7-18/h1-2,4-5,15,18H,3,6-7H2. The Bertz CT molecular complexity index is 544. The number of nitrogens with one attached hydrogen (secondary N) is 1. The molecule has 0 bridgehead atoms. The Kier molecular flexibility index (Phi) is 3.79. The summed E-state index contributed by atoms with van der Waals surface area (Å²) >= 11 is 5.82. The van der Waals surface area contributed by atoms with E-state index in [-0.39, 0.29) is 6.54 Å². The van der Waals surface area contributed by atoms with E-state index in [1.807, 2.05) is 0 Å². The molecule has 2 N–H and O–H groups in total. The lowest BCUT2D eigenvalue weighted by atomic mass is 10.3. The minimum atomic E-state index is -3.11. The van der Waals surface area contributed by atoms with Crippen LogP contribution in [0.15, 0.2) is 24.5 Å². The zero-order chi connectivity index (χ0) is 13.2. The number of alkyl halides is 2. The van der Waals surface area contributed by atoms with Crippen LogP contribution in [0.4, 0.5) is 8.78 Å². The average molecular weight is 276 g/mol. The number of nitrogens with zero attached hydrogens (tertiary/aromatic N) is 2. The van der Waals surface area contributed by atoms with E-state index in [9.17, 15) is 8.78 Å². The molecule has 2 rings (SSSR count). The van der Waals surface area contributed by atoms with Crippen molar-refractivity contribution in [3.63, 3.8) is 0 Å². The third-order valence-electron chi connectivity index (χ3n) is 2.39. The SMILES string of the molecule is OCC(F)(F)CNCc1cn2cc(Cl)ccc2n1. The number of fused-ring (bicyclic) bond motifs is 1. The van der Waals surface area contributed by atoms with Gasteiger partial charge in [-0.15, -0.1) is 0 Å². The average Bonchev–Trinajstić information content (AvgIpc) is 2.70. The quantitative estimate of drug-likeness (QED) is 0.873. The molecule has 0 aliphatic heterocycles. The number of halogens is 3. The van der Waals surface area contributed by atoms with E-state index in [2.05, 4.69) is 10.3 Å². The molecule has 0 saturated carbocycles. The van der Waals surface area contributed by atoms with Crippen molar-refractivity contribution in [1.82, 2.24) is 14.7 Å². The molecule has 18 heavy (non-hydrogen) atoms. The topological polar surface area (TPSA) is 49.6 Å². The monoisotopic (exact) mass is 275 g/mol. The first-order valence-corrected chi connectivity index (χ1v) is 5.70. The highest BCUT2D eigenvalue weighted by Crippen LogP contribution is 2.13. The molecule has 2 aromatic heterocycles. The van der Waals surface area contributed by atoms with E-state index in [4.69, 9.17) is 16.7 Å². The Morgan fingerprint density at radius 3 is 2.89 bits per heavy atom. The summed E-state index contributed by atoms with van der Waals surface area (Å²) in [6.07, 6.45) is 3.40. The number of aliphatic hydroxyl groups is 1. The fourth-order valence-corrected chi connectivity index (χ4v) is 1.70. The number of hydrogen-bond acceptors (Lipinski definition) is 3. The van der Waals surface area contributed by atoms with E-state index >= 15 is 0 Å². The van der Waals surface area contributed by atoms with Gasteiger partial charge in [0, 0.05) is 18.9 Å². The van der Waals surface area contributed by atoms with Crippen molar-refractivity contribution in [2.45, 2.75) is 12.5 Å². The molecule has 0 aliphatic carbocycles. The lowest BCUT2D eigenvalue weighted by Gasteiger charge is -2.12. The van der Waals surface area contributed by atoms with Gasteiger partial charge in [0.2, 0.25) is 0 Å². The Labute approximate surface area is 107 Å². The van der Waals surface area contributed by atoms with Gasteiger partial charge in [-0.1, -0.05) is 11.6 Å². The molecular weight excluding hydrogens is 264 g/mol. The molecule has 2 aromatic rings. The second-order valence-electron chi connectivity index (χ2n) is 3.96. The first-order valence-electron chi connectivity index (χ1n) is 5.33. The van der Waals surface area contributed by atoms with Crippen LogP contribution < -0.4 is 5.32 Å². The molecule has 4 nitrogen and oxygen atoms in total. The van der Waals surface area contributed by atoms with Crippen LogP contribution in [0.1, 0.15) is 5.69 Å². The molecule has 0 spiro atoms. The maximum atomic E-state index is 12.8. The van der Waals surface area contributed by atoms with Crippen LogP contribution in [0.25, 0.3) is 5.65 Å². The third kappa shape index (κ3) is 3.16. The highest BCUT2D eigenvalue weighted by Gasteiger charge is 2.26. The zero-order valence-electron chi connectivity index (χ0n) is 9.41. The smallest absolute Gasteiger partial charge is 0.282 e. The van der Waals surface area contributed by atoms with Gasteiger partial charge < -0.3 is 14.8 Å². The summed E-state index contributed by atoms with van der Waals surface area (Å²) in [5, 5.41) is 11.5. The predicted octanol–water partition coefficient (Wildman–Crippen LogP) is 1.70. The van der Waals surface area contributed by atoms with Crippen LogP contribution >= 0.6 is 11.6 Å². The van der Waals surface area contributed by atoms with Gasteiger partial charge >= 0.3 is 0 Å². The van der Waals surface area contributed by atoms with Crippen LogP contribution in [0.3, 0.4) is 0 Å². The molecule has 0 atom stereocenters. The van der Waals surface area contributed by atoms with E-state index < -0.39 is 19.1 Å². The molecule has 0 radical (unpaired) electrons. The molecule has 98 valence electrons. The van der Waals surface area contributed by atoms with Crippen molar-refractivity contribution >= 4 is 17.2 Å². The first-order chi connectivity index (χ1) is 8.50. The minimum Gasteiger partial charge on any atom is -0.390 e. The Morgan fingerprint density at radius 1 is 1.39 bits per heavy atom. The normalized spacial score (nSPS) is 12.2. The summed E-state index contributed by atoms with van der Waals surface area (Å²) in [4.78, 5) is 4.23. The molecule has 0 aliphatic rings. The highest BCUT2D eigenvalue weighted by atomic mass is 35.5. The van der Waals surface area contributed by atoms with Crippen molar-refractivity contribution in [1.29, 1.82) is 0 Å². The largest absolute Gasteiger partial charge is 0.390 e. The summed E-state index contributed by atoms with van der Waals surface area (Å²) in [5.41, 5.74) is 1.33. The second-order valence-corrected chi connectivity index (χ2v) is 4.40. The number of aromatic nitrogens is 2. The minimum absolute atomic E-state index is 0.203. The molecule has 0 amide bonds. The fourth-order valence-electron chi connectivity index (χ4n) is 1.53. The number of hydrogen-bond donors (Lipinski definition) is 2. The van der Waals surface area contributed by atoms with Crippen molar-refractivity contribution in [2.24, 2.45) is 0 Å². The fraction of sp³-hybridized carbons (Fsp3) is 0.364. The van der Waals surface area contributed by atoms with Gasteiger partial charge in [0.25, 0.3) is 5.92 Å². The number of pyridine rings is 1. The van der Waals surface area contributed by atoms with Gasteiger partial charge in [0.05, 0.1) is 17.3 Å². The van der Waals surface area contributed by atoms with Gasteiger partial charge in [-0.2, -0.15) is 0 Å². The summed E-state index contributed by atoms with van der Waals surface area (Å²) in [6, 6.07) is 3.45. The van der Waals surface area contributed by atoms with Gasteiger partial charge in [-0.05, 0) is 12.1 Å². The predicted molar refractivity (Wildman–Crippen MR) is 63.9 cm³/mol. The first kappa shape index (κ1) is 13.2. The van der Waals surface area contributed by atoms with Crippen LogP contribution in [0, 0.1) is 0 Å². The number of rotatable bonds is 5. The molecular formula is C11H12ClF2N3O. The third-order valence-corrected chi connectivity index (χ3v) is 2.61. The van der Waals surface area contributed by atoms with Crippen molar-refractivity contribution in [3.8, 4) is 0 Å². The highest BCUT2D eigenvalue weighted by molar-refractivity contribution is 6.30. The zero-order valence-corrected chi connectivity index (χ0v) is 10.2. The summed E-state index contributed by atoms with van der Waals surface area (Å²) in [7, 11) is 0. The van der Waals surface area contributed by atoms with Crippen molar-refractivity contribution < 1.29 is 13.9 Å². The van der Waals surface area contributed by atoms with Gasteiger partial charge in [-0.3, -0.25) is 0 Å². The van der Waals surface area contributed by atoms with Gasteiger partial charge in [0.1, 0.15) is 12.3 Å². The van der Waals surface area contributed by atoms with Crippen molar-refractivity contribution in [3.05, 3.63) is 35.2 Å². The lowest BCUT2D eigenvalue weighted by Crippen LogP contribution is -2.35. The summed E-state index contributed by atoms with van der Waals surface area (Å²) < 4.78 is 27.2. The van der Waals surface area contributed by atoms with E-state index in [1.165, 1.54) is 0 Å². The van der Waals surface area contributed by atoms with Crippen LogP contribution in [0.5, 0.6) is 0 Å². The molecule has 0 aromatic carbocycles. The van der Waals surface area contributed by atoms with Gasteiger partial charge in [-0.25, -0.2) is 13.8 Å². The van der Waals surface area contributed by atoms with Gasteiger partial charge in [0.15, 0.2) is 0 Å². The Hall–Kier alpha value is -1.24. The molecule has 0 unspecified atom stereocenters. The molecule has 2 heterocycles. The van der Waals surface area contributed by atoms with E-state index in [1.54, 1.807) is 28.9 Å². The van der Waals surface area contributed by atoms with Crippen LogP contribution in [0.2, 0.25) is 5.02 Å². The van der Waals surface area contributed by atoms with Crippen molar-refractivity contribution in [2.75, 3.05) is 13.2 Å². The number of imidazole rings is 1. The second kappa shape index (κ2) is 5.17.